The summed E-state index contributed by atoms with van der Waals surface area (Å²) in [6.45, 7) is 8.32. The van der Waals surface area contributed by atoms with Gasteiger partial charge in [0.1, 0.15) is 48.3 Å². The monoisotopic (exact) mass is 1390 g/mol. The molecule has 23 N–H and O–H groups in total. The lowest BCUT2D eigenvalue weighted by molar-refractivity contribution is -0.159. The topological polar surface area (TPSA) is 545 Å². The summed E-state index contributed by atoms with van der Waals surface area (Å²) in [7, 11) is 0. The predicted octanol–water partition coefficient (Wildman–Crippen LogP) is -3.62. The van der Waals surface area contributed by atoms with Crippen molar-refractivity contribution in [1.29, 1.82) is 5.41 Å². The number of hydrogen-bond acceptors (Lipinski definition) is 19. The highest BCUT2D eigenvalue weighted by Crippen LogP contribution is 2.28. The molecule has 33 nitrogen and oxygen atoms in total. The van der Waals surface area contributed by atoms with Crippen molar-refractivity contribution in [2.75, 3.05) is 19.7 Å². The molecule has 0 spiro atoms. The van der Waals surface area contributed by atoms with Crippen molar-refractivity contribution in [3.63, 3.8) is 0 Å². The maximum Gasteiger partial charge on any atom is 0.331 e. The molecule has 99 heavy (non-hydrogen) atoms. The molecule has 15 atom stereocenters. The van der Waals surface area contributed by atoms with E-state index in [-0.39, 0.29) is 56.6 Å². The maximum absolute atomic E-state index is 15.7. The quantitative estimate of drug-likeness (QED) is 0.0189. The molecule has 0 bridgehead atoms. The summed E-state index contributed by atoms with van der Waals surface area (Å²) in [6, 6.07) is -3.96. The number of guanidine groups is 1. The Labute approximate surface area is 573 Å². The molecule has 1 aromatic heterocycles. The summed E-state index contributed by atoms with van der Waals surface area (Å²) in [5, 5.41) is 79.9. The van der Waals surface area contributed by atoms with E-state index in [0.717, 1.165) is 39.0 Å². The van der Waals surface area contributed by atoms with Crippen LogP contribution in [0, 0.1) is 29.1 Å². The second kappa shape index (κ2) is 38.7. The van der Waals surface area contributed by atoms with Crippen LogP contribution < -0.4 is 75.7 Å². The number of ether oxygens (including phenoxy) is 1. The minimum absolute atomic E-state index is 0.00932. The predicted molar refractivity (Wildman–Crippen MR) is 360 cm³/mol. The minimum atomic E-state index is -2.59. The van der Waals surface area contributed by atoms with E-state index in [0.29, 0.717) is 16.5 Å². The van der Waals surface area contributed by atoms with Gasteiger partial charge in [0.2, 0.25) is 65.0 Å². The Hall–Kier alpha value is -9.31. The van der Waals surface area contributed by atoms with Gasteiger partial charge in [-0.05, 0) is 73.5 Å². The number of carbonyl (C=O) groups excluding carboxylic acids is 12. The molecule has 0 radical (unpaired) electrons. The molecule has 2 aliphatic rings. The van der Waals surface area contributed by atoms with E-state index >= 15 is 14.4 Å². The third kappa shape index (κ3) is 24.0. The second-order valence-corrected chi connectivity index (χ2v) is 26.1. The number of aliphatic hydroxyl groups excluding tert-OH is 4. The summed E-state index contributed by atoms with van der Waals surface area (Å²) in [5.41, 5.74) is 18.6. The summed E-state index contributed by atoms with van der Waals surface area (Å²) in [4.78, 5) is 176. The average Bonchev–Trinajstić information content (AvgIpc) is 1.75. The van der Waals surface area contributed by atoms with Crippen LogP contribution in [0.4, 0.5) is 0 Å². The van der Waals surface area contributed by atoms with Crippen molar-refractivity contribution < 1.29 is 82.7 Å². The number of amides is 11. The van der Waals surface area contributed by atoms with E-state index < -0.39 is 193 Å². The number of hydrogen-bond donors (Lipinski definition) is 20. The summed E-state index contributed by atoms with van der Waals surface area (Å²) < 4.78 is 6.04. The van der Waals surface area contributed by atoms with Crippen LogP contribution in [-0.4, -0.2) is 201 Å². The molecular formula is C66H100N16O17. The van der Waals surface area contributed by atoms with Gasteiger partial charge in [-0.15, -0.1) is 0 Å². The van der Waals surface area contributed by atoms with E-state index in [2.05, 4.69) is 58.2 Å². The Kier molecular flexibility index (Phi) is 31.4. The standard InChI is InChI=1S/C66H100N16O17/c1-8-34(6)47-61(94)80-48(35(7)84)60(93)73-30-46(85)78-50(53(87)55(68)88)63(96)77-45(31-83)65(98)99-54(37-20-13-10-14-21-37)51(82-59(92)44(28-38-29-72-41-23-16-15-22-39(38)41)75-56(89)40(67)27-36-18-11-9-12-19-36)64(97)81-49(52(86)33(4)5)62(95)76-43(26-32(2)3)58(91)74-42(57(90)79-47)24-17-25-71-66(69)70/h10,13-16,20-23,29,32-36,40,42-45,47-54,72,83-84,86-87H,8-9,11-12,17-19,24-28,30-31,67H2,1-7H3,(H2,68,88)(H,73,93)(H,74,91)(H,75,89)(H,76,95)(H,77,96)(H,78,85)(H,79,90)(H,80,94)(H,81,97)(H,82,92)(H4,69,70,71)/t34-,35-,40-,42+,43-,44-,45-,47-,48-,49-,50-,51-,52+,53-,54+/m0/s1. The average molecular weight is 1390 g/mol. The number of rotatable bonds is 23. The molecular weight excluding hydrogens is 1290 g/mol. The van der Waals surface area contributed by atoms with Gasteiger partial charge in [-0.3, -0.25) is 58.1 Å². The van der Waals surface area contributed by atoms with E-state index in [1.807, 2.05) is 5.32 Å². The van der Waals surface area contributed by atoms with Crippen LogP contribution in [-0.2, 0) is 68.7 Å². The first-order chi connectivity index (χ1) is 46.8. The number of esters is 1. The number of para-hydroxylation sites is 1. The van der Waals surface area contributed by atoms with Gasteiger partial charge in [-0.1, -0.05) is 129 Å². The fraction of sp³-hybridized carbons (Fsp3) is 0.591. The van der Waals surface area contributed by atoms with Crippen LogP contribution in [0.15, 0.2) is 60.8 Å². The van der Waals surface area contributed by atoms with E-state index in [9.17, 15) is 63.6 Å². The van der Waals surface area contributed by atoms with Crippen LogP contribution in [0.1, 0.15) is 130 Å². The Balaban J connectivity index is 1.72. The fourth-order valence-electron chi connectivity index (χ4n) is 11.6. The molecule has 33 heteroatoms. The fourth-order valence-corrected chi connectivity index (χ4v) is 11.6. The maximum atomic E-state index is 15.7. The molecule has 1 saturated heterocycles. The van der Waals surface area contributed by atoms with Crippen LogP contribution in [0.5, 0.6) is 0 Å². The number of carbonyl (C=O) groups is 12. The first-order valence-electron chi connectivity index (χ1n) is 33.4. The van der Waals surface area contributed by atoms with Gasteiger partial charge < -0.3 is 106 Å². The van der Waals surface area contributed by atoms with Crippen molar-refractivity contribution in [2.45, 2.75) is 204 Å². The zero-order valence-electron chi connectivity index (χ0n) is 56.9. The molecule has 546 valence electrons. The SMILES string of the molecule is CC[C@H](C)[C@@H]1NC(=O)[C@@H](CCCNC(=N)N)NC(=O)[C@H](CC(C)C)NC(=O)[C@H]([C@H](O)C(C)C)NC(=O)[C@@H](NC(=O)[C@H](Cc2c[nH]c3ccccc23)NC(=O)[C@@H](N)CC2CCCCC2)[C@@H](c2ccccc2)OC(=O)[C@H](CO)NC(=O)[C@H]([C@H](O)C(N)=O)NC(=O)CNC(=O)[C@H]([C@H](C)O)NC1=O. The summed E-state index contributed by atoms with van der Waals surface area (Å²) >= 11 is 0. The smallest absolute Gasteiger partial charge is 0.331 e. The van der Waals surface area contributed by atoms with E-state index in [1.54, 1.807) is 58.2 Å². The molecule has 0 unspecified atom stereocenters. The number of aliphatic hydroxyl groups is 4. The lowest BCUT2D eigenvalue weighted by Crippen LogP contribution is -2.64. The number of fused-ring (bicyclic) bond motifs is 1. The molecule has 11 amide bonds. The van der Waals surface area contributed by atoms with Crippen LogP contribution in [0.2, 0.25) is 0 Å². The van der Waals surface area contributed by atoms with Gasteiger partial charge in [-0.25, -0.2) is 4.79 Å². The number of cyclic esters (lactones) is 1. The normalized spacial score (nSPS) is 24.6. The number of nitrogens with two attached hydrogens (primary N) is 3. The Bertz CT molecular complexity index is 3290. The lowest BCUT2D eigenvalue weighted by atomic mass is 9.85. The van der Waals surface area contributed by atoms with E-state index in [4.69, 9.17) is 27.3 Å². The van der Waals surface area contributed by atoms with Crippen LogP contribution in [0.25, 0.3) is 10.9 Å². The zero-order chi connectivity index (χ0) is 73.4. The Morgan fingerprint density at radius 2 is 1.27 bits per heavy atom. The van der Waals surface area contributed by atoms with Crippen LogP contribution >= 0.6 is 0 Å². The number of benzene rings is 2. The Morgan fingerprint density at radius 1 is 0.677 bits per heavy atom. The molecule has 2 aromatic carbocycles. The van der Waals surface area contributed by atoms with Gasteiger partial charge in [0.05, 0.1) is 31.4 Å². The number of nitrogens with one attached hydrogen (secondary N) is 13. The van der Waals surface area contributed by atoms with Crippen molar-refractivity contribution in [3.8, 4) is 0 Å². The Morgan fingerprint density at radius 3 is 1.89 bits per heavy atom. The minimum Gasteiger partial charge on any atom is -0.453 e. The van der Waals surface area contributed by atoms with Crippen molar-refractivity contribution in [1.82, 2.24) is 63.5 Å². The highest BCUT2D eigenvalue weighted by Gasteiger charge is 2.44. The highest BCUT2D eigenvalue weighted by molar-refractivity contribution is 6.00. The zero-order valence-corrected chi connectivity index (χ0v) is 56.9. The summed E-state index contributed by atoms with van der Waals surface area (Å²) in [6.07, 6.45) is -2.08. The lowest BCUT2D eigenvalue weighted by Gasteiger charge is -2.33. The summed E-state index contributed by atoms with van der Waals surface area (Å²) in [5.74, 6) is -17.0. The third-order valence-corrected chi connectivity index (χ3v) is 17.5. The van der Waals surface area contributed by atoms with Crippen molar-refractivity contribution >= 4 is 87.8 Å². The van der Waals surface area contributed by atoms with Crippen molar-refractivity contribution in [2.24, 2.45) is 40.9 Å². The second-order valence-electron chi connectivity index (χ2n) is 26.1. The molecule has 1 aliphatic heterocycles. The molecule has 2 heterocycles. The highest BCUT2D eigenvalue weighted by atomic mass is 16.5. The molecule has 3 aromatic rings. The number of H-pyrrole nitrogens is 1. The van der Waals surface area contributed by atoms with Gasteiger partial charge >= 0.3 is 5.97 Å². The molecule has 1 aliphatic carbocycles. The van der Waals surface area contributed by atoms with E-state index in [1.165, 1.54) is 44.2 Å². The van der Waals surface area contributed by atoms with Gasteiger partial charge in [0, 0.05) is 30.1 Å². The molecule has 5 rings (SSSR count). The van der Waals surface area contributed by atoms with Gasteiger partial charge in [0.25, 0.3) is 0 Å². The number of primary amides is 1. The van der Waals surface area contributed by atoms with Crippen LogP contribution in [0.3, 0.4) is 0 Å². The third-order valence-electron chi connectivity index (χ3n) is 17.5. The van der Waals surface area contributed by atoms with Crippen molar-refractivity contribution in [3.05, 3.63) is 71.9 Å². The first-order valence-corrected chi connectivity index (χ1v) is 33.4. The van der Waals surface area contributed by atoms with Gasteiger partial charge in [0.15, 0.2) is 24.2 Å². The molecule has 2 fully saturated rings. The number of aromatic nitrogens is 1. The van der Waals surface area contributed by atoms with Gasteiger partial charge in [-0.2, -0.15) is 0 Å². The molecule has 1 saturated carbocycles. The number of aromatic amines is 1. The largest absolute Gasteiger partial charge is 0.453 e. The first kappa shape index (κ1) is 80.4.